The van der Waals surface area contributed by atoms with Crippen molar-refractivity contribution in [3.05, 3.63) is 34.9 Å². The summed E-state index contributed by atoms with van der Waals surface area (Å²) >= 11 is 1.23. The monoisotopic (exact) mass is 220 g/mol. The van der Waals surface area contributed by atoms with E-state index in [0.717, 1.165) is 5.56 Å². The average molecular weight is 220 g/mol. The number of Topliss-reactive ketones (excluding diaryl/α,β-unsaturated/α-hetero) is 1. The Labute approximate surface area is 90.4 Å². The maximum Gasteiger partial charge on any atom is 0.206 e. The third-order valence-corrected chi connectivity index (χ3v) is 2.33. The summed E-state index contributed by atoms with van der Waals surface area (Å²) in [5.41, 5.74) is 1.59. The van der Waals surface area contributed by atoms with Gasteiger partial charge in [-0.3, -0.25) is 4.79 Å². The number of hydrogen-bond acceptors (Lipinski definition) is 6. The van der Waals surface area contributed by atoms with Crippen molar-refractivity contribution in [1.82, 2.24) is 19.6 Å². The molecule has 0 atom stereocenters. The second-order valence-electron chi connectivity index (χ2n) is 3.08. The van der Waals surface area contributed by atoms with E-state index in [9.17, 15) is 4.79 Å². The van der Waals surface area contributed by atoms with Crippen LogP contribution in [0.25, 0.3) is 0 Å². The van der Waals surface area contributed by atoms with E-state index in [1.54, 1.807) is 17.8 Å². The highest BCUT2D eigenvalue weighted by atomic mass is 32.1. The van der Waals surface area contributed by atoms with E-state index in [4.69, 9.17) is 0 Å². The molecule has 0 saturated heterocycles. The fourth-order valence-corrected chi connectivity index (χ4v) is 1.49. The minimum Gasteiger partial charge on any atom is -0.290 e. The Morgan fingerprint density at radius 1 is 1.40 bits per heavy atom. The fourth-order valence-electron chi connectivity index (χ4n) is 1.04. The SMILES string of the molecule is Cc1cnc(C(=O)Cc2csnn2)nc1. The van der Waals surface area contributed by atoms with Crippen LogP contribution in [0.1, 0.15) is 21.9 Å². The average Bonchev–Trinajstić information content (AvgIpc) is 2.71. The third kappa shape index (κ3) is 2.41. The molecule has 0 unspecified atom stereocenters. The molecule has 76 valence electrons. The first kappa shape index (κ1) is 9.85. The molecule has 2 rings (SSSR count). The third-order valence-electron chi connectivity index (χ3n) is 1.78. The summed E-state index contributed by atoms with van der Waals surface area (Å²) in [6, 6.07) is 0. The second-order valence-corrected chi connectivity index (χ2v) is 3.69. The Balaban J connectivity index is 2.11. The first-order chi connectivity index (χ1) is 7.25. The molecule has 0 saturated carbocycles. The molecular weight excluding hydrogens is 212 g/mol. The minimum absolute atomic E-state index is 0.136. The van der Waals surface area contributed by atoms with E-state index in [0.29, 0.717) is 5.69 Å². The van der Waals surface area contributed by atoms with Crippen molar-refractivity contribution in [2.24, 2.45) is 0 Å². The lowest BCUT2D eigenvalue weighted by atomic mass is 10.2. The maximum absolute atomic E-state index is 11.6. The first-order valence-electron chi connectivity index (χ1n) is 4.33. The molecule has 2 aromatic heterocycles. The molecule has 0 aromatic carbocycles. The number of carbonyl (C=O) groups excluding carboxylic acids is 1. The van der Waals surface area contributed by atoms with Gasteiger partial charge in [0, 0.05) is 17.8 Å². The van der Waals surface area contributed by atoms with Crippen LogP contribution in [0.5, 0.6) is 0 Å². The number of hydrogen-bond donors (Lipinski definition) is 0. The lowest BCUT2D eigenvalue weighted by Crippen LogP contribution is -2.08. The van der Waals surface area contributed by atoms with Gasteiger partial charge in [-0.2, -0.15) is 0 Å². The number of ketones is 1. The van der Waals surface area contributed by atoms with Crippen LogP contribution in [0.15, 0.2) is 17.8 Å². The van der Waals surface area contributed by atoms with Gasteiger partial charge in [0.2, 0.25) is 5.78 Å². The number of aryl methyl sites for hydroxylation is 1. The van der Waals surface area contributed by atoms with Gasteiger partial charge >= 0.3 is 0 Å². The van der Waals surface area contributed by atoms with Gasteiger partial charge in [0.1, 0.15) is 0 Å². The van der Waals surface area contributed by atoms with Gasteiger partial charge < -0.3 is 0 Å². The molecule has 0 aliphatic carbocycles. The van der Waals surface area contributed by atoms with Crippen LogP contribution in [-0.2, 0) is 6.42 Å². The molecule has 5 nitrogen and oxygen atoms in total. The summed E-state index contributed by atoms with van der Waals surface area (Å²) in [6.45, 7) is 1.87. The standard InChI is InChI=1S/C9H8N4OS/c1-6-3-10-9(11-4-6)8(14)2-7-5-15-13-12-7/h3-5H,2H2,1H3. The Morgan fingerprint density at radius 3 is 2.73 bits per heavy atom. The van der Waals surface area contributed by atoms with Crippen LogP contribution < -0.4 is 0 Å². The highest BCUT2D eigenvalue weighted by molar-refractivity contribution is 7.03. The van der Waals surface area contributed by atoms with Crippen molar-refractivity contribution in [1.29, 1.82) is 0 Å². The normalized spacial score (nSPS) is 10.2. The predicted octanol–water partition coefficient (Wildman–Crippen LogP) is 1.06. The number of aromatic nitrogens is 4. The van der Waals surface area contributed by atoms with Crippen molar-refractivity contribution in [2.75, 3.05) is 0 Å². The number of rotatable bonds is 3. The molecule has 0 amide bonds. The van der Waals surface area contributed by atoms with Crippen LogP contribution in [0, 0.1) is 6.92 Å². The zero-order valence-corrected chi connectivity index (χ0v) is 8.86. The van der Waals surface area contributed by atoms with E-state index in [-0.39, 0.29) is 18.0 Å². The molecule has 0 bridgehead atoms. The van der Waals surface area contributed by atoms with Gasteiger partial charge in [0.05, 0.1) is 12.1 Å². The van der Waals surface area contributed by atoms with Crippen molar-refractivity contribution < 1.29 is 4.79 Å². The molecule has 0 N–H and O–H groups in total. The lowest BCUT2D eigenvalue weighted by Gasteiger charge is -1.96. The fraction of sp³-hybridized carbons (Fsp3) is 0.222. The zero-order valence-electron chi connectivity index (χ0n) is 8.04. The quantitative estimate of drug-likeness (QED) is 0.723. The van der Waals surface area contributed by atoms with Crippen molar-refractivity contribution in [3.8, 4) is 0 Å². The molecule has 6 heteroatoms. The molecule has 0 radical (unpaired) electrons. The topological polar surface area (TPSA) is 68.6 Å². The van der Waals surface area contributed by atoms with E-state index in [2.05, 4.69) is 19.6 Å². The molecule has 15 heavy (non-hydrogen) atoms. The zero-order chi connectivity index (χ0) is 10.7. The summed E-state index contributed by atoms with van der Waals surface area (Å²) in [6.07, 6.45) is 3.46. The Kier molecular flexibility index (Phi) is 2.77. The lowest BCUT2D eigenvalue weighted by molar-refractivity contribution is 0.0982. The first-order valence-corrected chi connectivity index (χ1v) is 5.17. The smallest absolute Gasteiger partial charge is 0.206 e. The van der Waals surface area contributed by atoms with Crippen LogP contribution in [0.3, 0.4) is 0 Å². The molecule has 0 spiro atoms. The number of carbonyl (C=O) groups is 1. The molecule has 0 fully saturated rings. The summed E-state index contributed by atoms with van der Waals surface area (Å²) in [4.78, 5) is 19.5. The molecule has 0 aliphatic rings. The van der Waals surface area contributed by atoms with Crippen LogP contribution in [0.4, 0.5) is 0 Å². The van der Waals surface area contributed by atoms with E-state index in [1.807, 2.05) is 6.92 Å². The maximum atomic E-state index is 11.6. The second kappa shape index (κ2) is 4.22. The number of nitrogens with zero attached hydrogens (tertiary/aromatic N) is 4. The van der Waals surface area contributed by atoms with Gasteiger partial charge in [-0.05, 0) is 24.0 Å². The van der Waals surface area contributed by atoms with Gasteiger partial charge in [0.25, 0.3) is 0 Å². The minimum atomic E-state index is -0.136. The summed E-state index contributed by atoms with van der Waals surface area (Å²) in [7, 11) is 0. The summed E-state index contributed by atoms with van der Waals surface area (Å²) < 4.78 is 3.68. The van der Waals surface area contributed by atoms with Gasteiger partial charge in [-0.25, -0.2) is 9.97 Å². The van der Waals surface area contributed by atoms with Crippen LogP contribution >= 0.6 is 11.5 Å². The molecular formula is C9H8N4OS. The van der Waals surface area contributed by atoms with Crippen molar-refractivity contribution >= 4 is 17.3 Å². The van der Waals surface area contributed by atoms with Gasteiger partial charge in [-0.15, -0.1) is 5.10 Å². The summed E-state index contributed by atoms with van der Waals surface area (Å²) in [5, 5.41) is 5.53. The molecule has 0 aliphatic heterocycles. The van der Waals surface area contributed by atoms with E-state index in [1.165, 1.54) is 11.5 Å². The van der Waals surface area contributed by atoms with Crippen molar-refractivity contribution in [2.45, 2.75) is 13.3 Å². The Bertz CT molecular complexity index is 451. The Hall–Kier alpha value is -1.69. The largest absolute Gasteiger partial charge is 0.290 e. The Morgan fingerprint density at radius 2 is 2.13 bits per heavy atom. The van der Waals surface area contributed by atoms with E-state index < -0.39 is 0 Å². The van der Waals surface area contributed by atoms with E-state index >= 15 is 0 Å². The molecule has 2 heterocycles. The van der Waals surface area contributed by atoms with Gasteiger partial charge in [-0.1, -0.05) is 4.49 Å². The van der Waals surface area contributed by atoms with Crippen LogP contribution in [-0.4, -0.2) is 25.3 Å². The predicted molar refractivity (Wildman–Crippen MR) is 54.7 cm³/mol. The van der Waals surface area contributed by atoms with Crippen LogP contribution in [0.2, 0.25) is 0 Å². The molecule has 2 aromatic rings. The highest BCUT2D eigenvalue weighted by Gasteiger charge is 2.11. The van der Waals surface area contributed by atoms with Gasteiger partial charge in [0.15, 0.2) is 5.82 Å². The highest BCUT2D eigenvalue weighted by Crippen LogP contribution is 2.03. The summed E-state index contributed by atoms with van der Waals surface area (Å²) in [5.74, 6) is 0.0938. The van der Waals surface area contributed by atoms with Crippen molar-refractivity contribution in [3.63, 3.8) is 0 Å².